The third-order valence-corrected chi connectivity index (χ3v) is 4.88. The lowest BCUT2D eigenvalue weighted by Crippen LogP contribution is -1.96. The van der Waals surface area contributed by atoms with E-state index in [1.54, 1.807) is 17.4 Å². The number of hydrogen-bond donors (Lipinski definition) is 0. The van der Waals surface area contributed by atoms with Crippen LogP contribution in [-0.2, 0) is 6.42 Å². The highest BCUT2D eigenvalue weighted by Crippen LogP contribution is 2.20. The molecule has 0 unspecified atom stereocenters. The monoisotopic (exact) mass is 342 g/mol. The van der Waals surface area contributed by atoms with Crippen LogP contribution in [0.1, 0.15) is 59.6 Å². The van der Waals surface area contributed by atoms with Crippen LogP contribution in [0.3, 0.4) is 0 Å². The van der Waals surface area contributed by atoms with Gasteiger partial charge in [-0.25, -0.2) is 0 Å². The molecule has 0 aliphatic rings. The van der Waals surface area contributed by atoms with Gasteiger partial charge >= 0.3 is 0 Å². The summed E-state index contributed by atoms with van der Waals surface area (Å²) < 4.78 is 5.69. The van der Waals surface area contributed by atoms with Gasteiger partial charge in [0, 0.05) is 4.88 Å². The summed E-state index contributed by atoms with van der Waals surface area (Å²) in [5.41, 5.74) is 1.01. The first-order valence-corrected chi connectivity index (χ1v) is 9.58. The Labute approximate surface area is 149 Å². The number of hydrogen-bond acceptors (Lipinski definition) is 3. The second-order valence-corrected chi connectivity index (χ2v) is 7.01. The molecule has 1 heterocycles. The zero-order valence-electron chi connectivity index (χ0n) is 14.6. The van der Waals surface area contributed by atoms with Crippen LogP contribution in [0, 0.1) is 0 Å². The highest BCUT2D eigenvalue weighted by molar-refractivity contribution is 7.14. The summed E-state index contributed by atoms with van der Waals surface area (Å²) in [6, 6.07) is 11.9. The van der Waals surface area contributed by atoms with E-state index in [1.807, 2.05) is 36.4 Å². The van der Waals surface area contributed by atoms with Gasteiger partial charge in [0.2, 0.25) is 0 Å². The van der Waals surface area contributed by atoms with Crippen molar-refractivity contribution < 1.29 is 9.53 Å². The summed E-state index contributed by atoms with van der Waals surface area (Å²) >= 11 is 1.60. The minimum Gasteiger partial charge on any atom is -0.494 e. The second-order valence-electron chi connectivity index (χ2n) is 5.84. The molecule has 1 aromatic carbocycles. The van der Waals surface area contributed by atoms with Gasteiger partial charge in [0.15, 0.2) is 5.78 Å². The Morgan fingerprint density at radius 1 is 1.04 bits per heavy atom. The van der Waals surface area contributed by atoms with Crippen LogP contribution in [0.25, 0.3) is 6.08 Å². The van der Waals surface area contributed by atoms with Crippen molar-refractivity contribution in [3.63, 3.8) is 0 Å². The summed E-state index contributed by atoms with van der Waals surface area (Å²) in [5.74, 6) is 0.958. The number of carbonyl (C=O) groups is 1. The number of rotatable bonds is 10. The fourth-order valence-electron chi connectivity index (χ4n) is 2.36. The topological polar surface area (TPSA) is 26.3 Å². The molecule has 0 fully saturated rings. The largest absolute Gasteiger partial charge is 0.494 e. The van der Waals surface area contributed by atoms with Crippen molar-refractivity contribution in [2.24, 2.45) is 0 Å². The molecule has 0 bridgehead atoms. The maximum Gasteiger partial charge on any atom is 0.195 e. The molecular weight excluding hydrogens is 316 g/mol. The van der Waals surface area contributed by atoms with E-state index in [1.165, 1.54) is 17.7 Å². The summed E-state index contributed by atoms with van der Waals surface area (Å²) in [5, 5.41) is 0. The maximum absolute atomic E-state index is 12.2. The van der Waals surface area contributed by atoms with Crippen molar-refractivity contribution in [2.45, 2.75) is 46.0 Å². The fraction of sp³-hybridized carbons (Fsp3) is 0.381. The van der Waals surface area contributed by atoms with Crippen LogP contribution in [0.15, 0.2) is 42.5 Å². The molecule has 0 saturated heterocycles. The first-order valence-electron chi connectivity index (χ1n) is 8.77. The Bertz CT molecular complexity index is 653. The summed E-state index contributed by atoms with van der Waals surface area (Å²) in [4.78, 5) is 14.3. The zero-order chi connectivity index (χ0) is 17.2. The molecule has 0 aliphatic heterocycles. The molecule has 0 N–H and O–H groups in total. The third kappa shape index (κ3) is 5.97. The van der Waals surface area contributed by atoms with Crippen LogP contribution in [0.4, 0.5) is 0 Å². The Morgan fingerprint density at radius 3 is 2.54 bits per heavy atom. The van der Waals surface area contributed by atoms with E-state index in [2.05, 4.69) is 19.9 Å². The van der Waals surface area contributed by atoms with Gasteiger partial charge in [-0.15, -0.1) is 11.3 Å². The molecule has 0 atom stereocenters. The van der Waals surface area contributed by atoms with Crippen molar-refractivity contribution in [1.29, 1.82) is 0 Å². The van der Waals surface area contributed by atoms with E-state index < -0.39 is 0 Å². The van der Waals surface area contributed by atoms with E-state index in [4.69, 9.17) is 4.74 Å². The molecule has 0 saturated carbocycles. The van der Waals surface area contributed by atoms with Gasteiger partial charge in [-0.3, -0.25) is 4.79 Å². The van der Waals surface area contributed by atoms with Crippen LogP contribution >= 0.6 is 11.3 Å². The van der Waals surface area contributed by atoms with Gasteiger partial charge in [-0.05, 0) is 48.7 Å². The van der Waals surface area contributed by atoms with Crippen molar-refractivity contribution in [3.8, 4) is 5.75 Å². The first kappa shape index (κ1) is 18.5. The first-order chi connectivity index (χ1) is 11.7. The van der Waals surface area contributed by atoms with Gasteiger partial charge in [-0.1, -0.05) is 51.3 Å². The summed E-state index contributed by atoms with van der Waals surface area (Å²) in [6.45, 7) is 5.10. The fourth-order valence-corrected chi connectivity index (χ4v) is 3.39. The Kier molecular flexibility index (Phi) is 7.76. The number of carbonyl (C=O) groups excluding carboxylic acids is 1. The Hall–Kier alpha value is -1.87. The molecule has 0 aliphatic carbocycles. The van der Waals surface area contributed by atoms with Crippen LogP contribution in [0.2, 0.25) is 0 Å². The predicted octanol–water partition coefficient (Wildman–Crippen LogP) is 6.17. The number of benzene rings is 1. The van der Waals surface area contributed by atoms with E-state index in [0.29, 0.717) is 0 Å². The van der Waals surface area contributed by atoms with Crippen molar-refractivity contribution in [2.75, 3.05) is 6.61 Å². The lowest BCUT2D eigenvalue weighted by molar-refractivity contribution is 0.105. The number of ether oxygens (including phenoxy) is 1. The van der Waals surface area contributed by atoms with E-state index in [-0.39, 0.29) is 5.78 Å². The van der Waals surface area contributed by atoms with E-state index in [0.717, 1.165) is 42.1 Å². The molecule has 3 heteroatoms. The molecule has 0 spiro atoms. The quantitative estimate of drug-likeness (QED) is 0.293. The van der Waals surface area contributed by atoms with Gasteiger partial charge < -0.3 is 4.74 Å². The highest BCUT2D eigenvalue weighted by atomic mass is 32.1. The average molecular weight is 343 g/mol. The summed E-state index contributed by atoms with van der Waals surface area (Å²) in [7, 11) is 0. The molecule has 0 amide bonds. The van der Waals surface area contributed by atoms with E-state index in [9.17, 15) is 4.79 Å². The molecule has 24 heavy (non-hydrogen) atoms. The third-order valence-electron chi connectivity index (χ3n) is 3.72. The summed E-state index contributed by atoms with van der Waals surface area (Å²) in [6.07, 6.45) is 9.16. The van der Waals surface area contributed by atoms with Gasteiger partial charge in [0.25, 0.3) is 0 Å². The van der Waals surface area contributed by atoms with Gasteiger partial charge in [-0.2, -0.15) is 0 Å². The maximum atomic E-state index is 12.2. The zero-order valence-corrected chi connectivity index (χ0v) is 15.4. The molecular formula is C21H26O2S. The Morgan fingerprint density at radius 2 is 1.83 bits per heavy atom. The lowest BCUT2D eigenvalue weighted by atomic mass is 10.2. The second kappa shape index (κ2) is 10.1. The van der Waals surface area contributed by atoms with Crippen molar-refractivity contribution in [1.82, 2.24) is 0 Å². The van der Waals surface area contributed by atoms with E-state index >= 15 is 0 Å². The number of unbranched alkanes of at least 4 members (excludes halogenated alkanes) is 2. The van der Waals surface area contributed by atoms with Gasteiger partial charge in [0.05, 0.1) is 11.5 Å². The number of ketones is 1. The smallest absolute Gasteiger partial charge is 0.195 e. The normalized spacial score (nSPS) is 11.1. The van der Waals surface area contributed by atoms with Gasteiger partial charge in [0.1, 0.15) is 5.75 Å². The number of thiophene rings is 1. The molecule has 128 valence electrons. The minimum absolute atomic E-state index is 0.0715. The average Bonchev–Trinajstić information content (AvgIpc) is 3.07. The lowest BCUT2D eigenvalue weighted by Gasteiger charge is -2.05. The SMILES string of the molecule is CCCCCOc1ccc(/C=C/C(=O)c2ccc(CCC)s2)cc1. The molecule has 1 aromatic heterocycles. The molecule has 0 radical (unpaired) electrons. The number of aryl methyl sites for hydroxylation is 1. The predicted molar refractivity (Wildman–Crippen MR) is 103 cm³/mol. The van der Waals surface area contributed by atoms with Crippen molar-refractivity contribution in [3.05, 3.63) is 57.8 Å². The van der Waals surface area contributed by atoms with Crippen molar-refractivity contribution >= 4 is 23.2 Å². The van der Waals surface area contributed by atoms with Crippen LogP contribution in [-0.4, -0.2) is 12.4 Å². The molecule has 2 aromatic rings. The highest BCUT2D eigenvalue weighted by Gasteiger charge is 2.05. The minimum atomic E-state index is 0.0715. The number of allylic oxidation sites excluding steroid dienone is 1. The Balaban J connectivity index is 1.87. The molecule has 2 nitrogen and oxygen atoms in total. The van der Waals surface area contributed by atoms with Crippen LogP contribution < -0.4 is 4.74 Å². The van der Waals surface area contributed by atoms with Crippen LogP contribution in [0.5, 0.6) is 5.75 Å². The standard InChI is InChI=1S/C21H26O2S/c1-3-5-6-16-23-18-11-8-17(9-12-18)10-14-20(22)21-15-13-19(24-21)7-4-2/h8-15H,3-7,16H2,1-2H3/b14-10+. The molecule has 2 rings (SSSR count).